The Kier molecular flexibility index (Phi) is 24.3. The maximum Gasteiger partial charge on any atom is 0.407 e. The number of fused-ring (bicyclic) bond motifs is 13. The van der Waals surface area contributed by atoms with Crippen molar-refractivity contribution in [2.75, 3.05) is 58.2 Å². The molecule has 5 aliphatic rings. The summed E-state index contributed by atoms with van der Waals surface area (Å²) in [6.07, 6.45) is 4.62. The number of alkyl carbamates (subject to hydrolysis) is 1. The summed E-state index contributed by atoms with van der Waals surface area (Å²) in [6.45, 7) is 23.1. The van der Waals surface area contributed by atoms with Gasteiger partial charge in [-0.25, -0.2) is 9.79 Å². The summed E-state index contributed by atoms with van der Waals surface area (Å²) in [6, 6.07) is 6.43. The van der Waals surface area contributed by atoms with Crippen LogP contribution in [0.3, 0.4) is 0 Å². The van der Waals surface area contributed by atoms with Crippen LogP contribution in [0.15, 0.2) is 70.4 Å². The van der Waals surface area contributed by atoms with Gasteiger partial charge in [0.2, 0.25) is 0 Å². The molecule has 1 fully saturated rings. The fourth-order valence-electron chi connectivity index (χ4n) is 12.8. The van der Waals surface area contributed by atoms with Crippen LogP contribution >= 0.6 is 0 Å². The molecule has 3 aromatic rings. The molecule has 5 heterocycles. The fourth-order valence-corrected chi connectivity index (χ4v) is 12.8. The Hall–Kier alpha value is -8.06. The minimum absolute atomic E-state index is 0.00172. The Morgan fingerprint density at radius 1 is 0.849 bits per heavy atom. The fraction of sp³-hybridized carbons (Fsp3) is 0.565. The average molecular weight is 1290 g/mol. The van der Waals surface area contributed by atoms with Gasteiger partial charge in [-0.2, -0.15) is 0 Å². The van der Waals surface area contributed by atoms with Crippen molar-refractivity contribution in [1.82, 2.24) is 15.1 Å². The van der Waals surface area contributed by atoms with Gasteiger partial charge in [-0.3, -0.25) is 43.5 Å². The van der Waals surface area contributed by atoms with Gasteiger partial charge in [-0.1, -0.05) is 78.3 Å². The van der Waals surface area contributed by atoms with E-state index in [9.17, 15) is 48.9 Å². The Morgan fingerprint density at radius 2 is 1.52 bits per heavy atom. The van der Waals surface area contributed by atoms with Crippen molar-refractivity contribution in [2.45, 2.75) is 165 Å². The molecule has 0 aromatic heterocycles. The molecule has 9 unspecified atom stereocenters. The lowest BCUT2D eigenvalue weighted by Crippen LogP contribution is -2.48. The van der Waals surface area contributed by atoms with E-state index in [0.717, 1.165) is 6.54 Å². The van der Waals surface area contributed by atoms with Crippen LogP contribution < -0.4 is 30.8 Å². The highest BCUT2D eigenvalue weighted by Crippen LogP contribution is 2.51. The second-order valence-corrected chi connectivity index (χ2v) is 25.7. The SMILES string of the molecule is COC1C=COC2(C)Oc3c(C)c(O)c4c(O)c(c5c(c4c3C2=O)NC2(CCN(CC(C)C)CC2)N=5)=NC(=O)C(C)=C/C=C\C(C)C(OC(=O)CN(CCCCC(C(C)=O)C(C)=O)CCNC(=O)OCc2ccc(OC(C)=O)cc2)C(C)C(O)C(C)C(OC(C)=O)C1C. The number of phenols is 2. The van der Waals surface area contributed by atoms with Gasteiger partial charge in [-0.05, 0) is 76.8 Å². The largest absolute Gasteiger partial charge is 0.507 e. The van der Waals surface area contributed by atoms with Crippen molar-refractivity contribution >= 4 is 63.7 Å². The number of aromatic hydroxyl groups is 2. The molecule has 24 nitrogen and oxygen atoms in total. The summed E-state index contributed by atoms with van der Waals surface area (Å²) < 4.78 is 41.4. The van der Waals surface area contributed by atoms with Crippen molar-refractivity contribution in [3.8, 4) is 23.0 Å². The first-order valence-corrected chi connectivity index (χ1v) is 31.9. The number of carbonyl (C=O) groups is 8. The Labute approximate surface area is 542 Å². The third-order valence-corrected chi connectivity index (χ3v) is 17.9. The number of phenolic OH excluding ortho intramolecular Hbond substituents is 2. The standard InChI is InChI=1S/C69H92N6O18/c1-37(2)34-75-30-26-69(27-31-75)72-56-53-54-60(82)43(8)64-55(53)65(84)68(13,93-64)89-33-25-51(87-14)40(5)63(91-47(12)79)42(7)59(81)41(6)62(38(3)18-17-19-39(4)66(85)71-58(61(54)83)57(56)73-69)92-52(80)35-74(29-16-15-20-50(44(9)76)45(10)77)32-28-70-67(86)88-36-48-21-23-49(24-22-48)90-46(11)78/h17-19,21-25,33,37-38,40-42,50-51,59,62-63,72,81-83H,15-16,20,26-32,34-36H2,1-14H3,(H,70,86)/b18-17-,33-25?,39-19?,71-58?. The second kappa shape index (κ2) is 31.2. The number of ether oxygens (including phenoxy) is 7. The maximum absolute atomic E-state index is 15.0. The Balaban J connectivity index is 1.25. The molecule has 93 heavy (non-hydrogen) atoms. The zero-order valence-corrected chi connectivity index (χ0v) is 55.9. The van der Waals surface area contributed by atoms with Gasteiger partial charge in [0.15, 0.2) is 5.75 Å². The molecule has 0 aliphatic carbocycles. The monoisotopic (exact) mass is 1290 g/mol. The molecule has 2 amide bonds. The van der Waals surface area contributed by atoms with E-state index < -0.39 is 113 Å². The van der Waals surface area contributed by atoms with Crippen LogP contribution in [-0.4, -0.2) is 161 Å². The van der Waals surface area contributed by atoms with Crippen LogP contribution in [0.5, 0.6) is 23.0 Å². The van der Waals surface area contributed by atoms with Crippen LogP contribution in [0.4, 0.5) is 10.5 Å². The number of anilines is 1. The highest BCUT2D eigenvalue weighted by molar-refractivity contribution is 6.21. The lowest BCUT2D eigenvalue weighted by Gasteiger charge is -2.39. The van der Waals surface area contributed by atoms with Crippen LogP contribution in [0.1, 0.15) is 137 Å². The number of aliphatic hydroxyl groups excluding tert-OH is 1. The first-order valence-electron chi connectivity index (χ1n) is 31.9. The summed E-state index contributed by atoms with van der Waals surface area (Å²) in [4.78, 5) is 120. The van der Waals surface area contributed by atoms with Gasteiger partial charge in [0.25, 0.3) is 11.7 Å². The number of aliphatic hydroxyl groups is 1. The quantitative estimate of drug-likeness (QED) is 0.0183. The molecule has 5 aliphatic heterocycles. The molecule has 506 valence electrons. The number of rotatable bonds is 20. The average Bonchev–Trinajstić information content (AvgIpc) is 1.57. The number of hydrogen-bond acceptors (Lipinski definition) is 22. The van der Waals surface area contributed by atoms with E-state index >= 15 is 4.79 Å². The van der Waals surface area contributed by atoms with Gasteiger partial charge < -0.3 is 64.0 Å². The normalized spacial score (nSPS) is 24.3. The van der Waals surface area contributed by atoms with Gasteiger partial charge in [-0.15, -0.1) is 0 Å². The molecular weight excluding hydrogens is 1200 g/mol. The number of ketones is 3. The zero-order chi connectivity index (χ0) is 68.4. The second-order valence-electron chi connectivity index (χ2n) is 25.7. The van der Waals surface area contributed by atoms with Crippen molar-refractivity contribution in [3.63, 3.8) is 0 Å². The molecule has 0 radical (unpaired) electrons. The number of benzene rings is 3. The van der Waals surface area contributed by atoms with Crippen molar-refractivity contribution in [1.29, 1.82) is 0 Å². The van der Waals surface area contributed by atoms with Crippen molar-refractivity contribution < 1.29 is 86.8 Å². The number of methoxy groups -OCH3 is 1. The number of piperidine rings is 1. The summed E-state index contributed by atoms with van der Waals surface area (Å²) >= 11 is 0. The molecule has 1 spiro atoms. The molecule has 1 saturated heterocycles. The first-order chi connectivity index (χ1) is 43.9. The Morgan fingerprint density at radius 3 is 2.14 bits per heavy atom. The predicted octanol–water partition coefficient (Wildman–Crippen LogP) is 7.42. The topological polar surface area (TPSA) is 317 Å². The molecule has 5 bridgehead atoms. The summed E-state index contributed by atoms with van der Waals surface area (Å²) in [7, 11) is 1.43. The smallest absolute Gasteiger partial charge is 0.407 e. The number of esters is 3. The van der Waals surface area contributed by atoms with Crippen LogP contribution in [-0.2, 0) is 59.1 Å². The number of carbonyl (C=O) groups excluding carboxylic acids is 8. The molecule has 0 saturated carbocycles. The lowest BCUT2D eigenvalue weighted by atomic mass is 9.78. The molecule has 8 rings (SSSR count). The van der Waals surface area contributed by atoms with E-state index in [1.807, 2.05) is 0 Å². The summed E-state index contributed by atoms with van der Waals surface area (Å²) in [5.74, 6) is -10.1. The lowest BCUT2D eigenvalue weighted by molar-refractivity contribution is -0.166. The van der Waals surface area contributed by atoms with Crippen LogP contribution in [0.2, 0.25) is 0 Å². The zero-order valence-electron chi connectivity index (χ0n) is 55.9. The van der Waals surface area contributed by atoms with E-state index in [2.05, 4.69) is 34.4 Å². The summed E-state index contributed by atoms with van der Waals surface area (Å²) in [5.41, 5.74) is 0.161. The van der Waals surface area contributed by atoms with Gasteiger partial charge in [0, 0.05) is 114 Å². The first kappa shape index (κ1) is 72.4. The molecule has 5 N–H and O–H groups in total. The molecule has 9 atom stereocenters. The third kappa shape index (κ3) is 17.4. The number of likely N-dealkylation sites (tertiary alicyclic amines) is 1. The maximum atomic E-state index is 15.0. The van der Waals surface area contributed by atoms with Gasteiger partial charge >= 0.3 is 29.8 Å². The van der Waals surface area contributed by atoms with Crippen molar-refractivity contribution in [3.05, 3.63) is 87.8 Å². The van der Waals surface area contributed by atoms with E-state index in [1.165, 1.54) is 74.0 Å². The van der Waals surface area contributed by atoms with Gasteiger partial charge in [0.1, 0.15) is 64.0 Å². The van der Waals surface area contributed by atoms with E-state index in [0.29, 0.717) is 62.4 Å². The number of allylic oxidation sites excluding steroid dienone is 2. The van der Waals surface area contributed by atoms with E-state index in [4.69, 9.17) is 38.2 Å². The third-order valence-electron chi connectivity index (χ3n) is 17.9. The highest BCUT2D eigenvalue weighted by Gasteiger charge is 2.51. The number of Topliss-reactive ketones (excluding diaryl/α,β-unsaturated/α-hetero) is 3. The number of nitrogens with zero attached hydrogens (tertiary/aromatic N) is 4. The number of hydrogen-bond donors (Lipinski definition) is 5. The van der Waals surface area contributed by atoms with Crippen LogP contribution in [0, 0.1) is 42.4 Å². The number of nitrogens with one attached hydrogen (secondary N) is 2. The van der Waals surface area contributed by atoms with E-state index in [-0.39, 0.29) is 94.0 Å². The predicted molar refractivity (Wildman–Crippen MR) is 343 cm³/mol. The minimum Gasteiger partial charge on any atom is -0.507 e. The Bertz CT molecular complexity index is 3520. The molecule has 3 aromatic carbocycles. The summed E-state index contributed by atoms with van der Waals surface area (Å²) in [5, 5.41) is 43.1. The minimum atomic E-state index is -2.05. The van der Waals surface area contributed by atoms with E-state index in [1.54, 1.807) is 69.0 Å². The van der Waals surface area contributed by atoms with Crippen LogP contribution in [0.25, 0.3) is 10.8 Å². The van der Waals surface area contributed by atoms with Gasteiger partial charge in [0.05, 0.1) is 47.6 Å². The molecular formula is C69H92N6O18. The number of unbranched alkanes of at least 4 members (excludes halogenated alkanes) is 1. The number of amides is 2. The molecule has 24 heteroatoms. The highest BCUT2D eigenvalue weighted by atomic mass is 16.7. The van der Waals surface area contributed by atoms with Crippen molar-refractivity contribution in [2.24, 2.45) is 45.5 Å².